The molecule has 0 aliphatic heterocycles. The van der Waals surface area contributed by atoms with Crippen molar-refractivity contribution < 1.29 is 17.6 Å². The predicted octanol–water partition coefficient (Wildman–Crippen LogP) is 2.66. The Balaban J connectivity index is 3.36. The SMILES string of the molecule is CSC(=Nc1c(F)c(F)cc(F)c1F)NC#N. The number of amidine groups is 1. The van der Waals surface area contributed by atoms with Crippen molar-refractivity contribution in [2.75, 3.05) is 6.26 Å². The molecule has 8 heteroatoms. The van der Waals surface area contributed by atoms with Crippen LogP contribution in [0.3, 0.4) is 0 Å². The Morgan fingerprint density at radius 3 is 2.24 bits per heavy atom. The highest BCUT2D eigenvalue weighted by molar-refractivity contribution is 8.13. The molecule has 0 unspecified atom stereocenters. The monoisotopic (exact) mass is 263 g/mol. The Morgan fingerprint density at radius 2 is 1.82 bits per heavy atom. The lowest BCUT2D eigenvalue weighted by Gasteiger charge is -2.04. The van der Waals surface area contributed by atoms with Gasteiger partial charge in [-0.3, -0.25) is 5.32 Å². The fourth-order valence-electron chi connectivity index (χ4n) is 0.933. The minimum absolute atomic E-state index is 0.0835. The minimum Gasteiger partial charge on any atom is -0.271 e. The molecular weight excluding hydrogens is 258 g/mol. The summed E-state index contributed by atoms with van der Waals surface area (Å²) in [7, 11) is 0. The largest absolute Gasteiger partial charge is 0.271 e. The highest BCUT2D eigenvalue weighted by Crippen LogP contribution is 2.27. The van der Waals surface area contributed by atoms with Gasteiger partial charge in [0.1, 0.15) is 5.69 Å². The zero-order valence-corrected chi connectivity index (χ0v) is 9.21. The standard InChI is InChI=1S/C9H5F4N3S/c1-17-9(15-3-14)16-8-6(12)4(10)2-5(11)7(8)13/h2H,1H3,(H,15,16). The van der Waals surface area contributed by atoms with Gasteiger partial charge in [0.2, 0.25) is 0 Å². The summed E-state index contributed by atoms with van der Waals surface area (Å²) in [6.45, 7) is 0. The Bertz CT molecular complexity index is 484. The summed E-state index contributed by atoms with van der Waals surface area (Å²) >= 11 is 0.857. The van der Waals surface area contributed by atoms with E-state index >= 15 is 0 Å². The molecule has 0 aliphatic rings. The average Bonchev–Trinajstić information content (AvgIpc) is 2.30. The van der Waals surface area contributed by atoms with Crippen LogP contribution >= 0.6 is 11.8 Å². The number of halogens is 4. The van der Waals surface area contributed by atoms with Gasteiger partial charge in [0.15, 0.2) is 34.6 Å². The molecule has 0 saturated heterocycles. The summed E-state index contributed by atoms with van der Waals surface area (Å²) in [6.07, 6.45) is 2.94. The van der Waals surface area contributed by atoms with Gasteiger partial charge in [-0.1, -0.05) is 11.8 Å². The number of nitrogens with zero attached hydrogens (tertiary/aromatic N) is 2. The van der Waals surface area contributed by atoms with Crippen LogP contribution in [0.5, 0.6) is 0 Å². The fraction of sp³-hybridized carbons (Fsp3) is 0.111. The Morgan fingerprint density at radius 1 is 1.29 bits per heavy atom. The summed E-state index contributed by atoms with van der Waals surface area (Å²) in [5.74, 6) is -6.34. The number of hydrogen-bond acceptors (Lipinski definition) is 3. The van der Waals surface area contributed by atoms with Crippen LogP contribution in [0.4, 0.5) is 23.2 Å². The third-order valence-electron chi connectivity index (χ3n) is 1.66. The molecule has 0 amide bonds. The van der Waals surface area contributed by atoms with Gasteiger partial charge in [-0.25, -0.2) is 22.6 Å². The van der Waals surface area contributed by atoms with Crippen LogP contribution in [-0.4, -0.2) is 11.4 Å². The van der Waals surface area contributed by atoms with E-state index < -0.39 is 29.0 Å². The second kappa shape index (κ2) is 5.54. The van der Waals surface area contributed by atoms with Gasteiger partial charge in [0.05, 0.1) is 0 Å². The first-order valence-electron chi connectivity index (χ1n) is 4.12. The summed E-state index contributed by atoms with van der Waals surface area (Å²) in [4.78, 5) is 3.30. The third-order valence-corrected chi connectivity index (χ3v) is 2.24. The number of nitrogens with one attached hydrogen (secondary N) is 1. The first-order chi connectivity index (χ1) is 8.01. The van der Waals surface area contributed by atoms with E-state index in [2.05, 4.69) is 4.99 Å². The maximum atomic E-state index is 13.2. The maximum absolute atomic E-state index is 13.2. The van der Waals surface area contributed by atoms with Gasteiger partial charge in [-0.15, -0.1) is 0 Å². The first-order valence-corrected chi connectivity index (χ1v) is 5.34. The summed E-state index contributed by atoms with van der Waals surface area (Å²) in [5, 5.41) is 10.1. The van der Waals surface area contributed by atoms with Crippen molar-refractivity contribution in [2.24, 2.45) is 4.99 Å². The van der Waals surface area contributed by atoms with E-state index in [1.807, 2.05) is 5.32 Å². The summed E-state index contributed by atoms with van der Waals surface area (Å²) in [5.41, 5.74) is -1.12. The van der Waals surface area contributed by atoms with Gasteiger partial charge < -0.3 is 0 Å². The van der Waals surface area contributed by atoms with Crippen molar-refractivity contribution in [3.63, 3.8) is 0 Å². The lowest BCUT2D eigenvalue weighted by molar-refractivity contribution is 0.457. The van der Waals surface area contributed by atoms with Crippen LogP contribution in [0.25, 0.3) is 0 Å². The number of aliphatic imine (C=N–C) groups is 1. The van der Waals surface area contributed by atoms with Crippen LogP contribution < -0.4 is 5.32 Å². The number of hydrogen-bond donors (Lipinski definition) is 1. The summed E-state index contributed by atoms with van der Waals surface area (Å²) < 4.78 is 52.0. The highest BCUT2D eigenvalue weighted by atomic mass is 32.2. The zero-order chi connectivity index (χ0) is 13.0. The van der Waals surface area contributed by atoms with E-state index in [1.165, 1.54) is 12.4 Å². The molecule has 1 N–H and O–H groups in total. The van der Waals surface area contributed by atoms with Crippen LogP contribution in [0.1, 0.15) is 0 Å². The number of rotatable bonds is 1. The molecule has 0 atom stereocenters. The van der Waals surface area contributed by atoms with Crippen molar-refractivity contribution in [1.29, 1.82) is 5.26 Å². The molecule has 1 aromatic carbocycles. The van der Waals surface area contributed by atoms with Crippen LogP contribution in [0, 0.1) is 34.7 Å². The second-order valence-electron chi connectivity index (χ2n) is 2.67. The van der Waals surface area contributed by atoms with Gasteiger partial charge in [-0.05, 0) is 6.26 Å². The molecule has 17 heavy (non-hydrogen) atoms. The number of thioether (sulfide) groups is 1. The molecule has 1 aromatic rings. The average molecular weight is 263 g/mol. The Kier molecular flexibility index (Phi) is 4.34. The molecule has 0 aliphatic carbocycles. The van der Waals surface area contributed by atoms with E-state index in [0.717, 1.165) is 11.8 Å². The second-order valence-corrected chi connectivity index (χ2v) is 3.47. The molecule has 1 rings (SSSR count). The molecule has 0 fully saturated rings. The van der Waals surface area contributed by atoms with E-state index in [-0.39, 0.29) is 11.2 Å². The van der Waals surface area contributed by atoms with Crippen LogP contribution in [0.2, 0.25) is 0 Å². The summed E-state index contributed by atoms with van der Waals surface area (Å²) in [6, 6.07) is 0.0835. The van der Waals surface area contributed by atoms with E-state index in [0.29, 0.717) is 0 Å². The molecule has 0 saturated carbocycles. The van der Waals surface area contributed by atoms with Gasteiger partial charge in [0, 0.05) is 6.07 Å². The van der Waals surface area contributed by atoms with Crippen molar-refractivity contribution in [2.45, 2.75) is 0 Å². The van der Waals surface area contributed by atoms with Crippen LogP contribution in [-0.2, 0) is 0 Å². The van der Waals surface area contributed by atoms with Crippen molar-refractivity contribution in [3.8, 4) is 6.19 Å². The van der Waals surface area contributed by atoms with Crippen molar-refractivity contribution >= 4 is 22.6 Å². The van der Waals surface area contributed by atoms with Gasteiger partial charge >= 0.3 is 0 Å². The van der Waals surface area contributed by atoms with Crippen molar-refractivity contribution in [1.82, 2.24) is 5.32 Å². The van der Waals surface area contributed by atoms with Crippen LogP contribution in [0.15, 0.2) is 11.1 Å². The lowest BCUT2D eigenvalue weighted by Crippen LogP contribution is -2.13. The molecule has 0 aromatic heterocycles. The zero-order valence-electron chi connectivity index (χ0n) is 8.39. The highest BCUT2D eigenvalue weighted by Gasteiger charge is 2.19. The smallest absolute Gasteiger partial charge is 0.187 e. The molecule has 0 heterocycles. The molecule has 0 bridgehead atoms. The maximum Gasteiger partial charge on any atom is 0.187 e. The lowest BCUT2D eigenvalue weighted by atomic mass is 10.2. The van der Waals surface area contributed by atoms with Crippen molar-refractivity contribution in [3.05, 3.63) is 29.3 Å². The quantitative estimate of drug-likeness (QED) is 0.212. The fourth-order valence-corrected chi connectivity index (χ4v) is 1.26. The van der Waals surface area contributed by atoms with Gasteiger partial charge in [-0.2, -0.15) is 5.26 Å². The molecule has 3 nitrogen and oxygen atoms in total. The third kappa shape index (κ3) is 2.88. The normalized spacial score (nSPS) is 11.2. The first kappa shape index (κ1) is 13.3. The number of benzene rings is 1. The number of nitriles is 1. The predicted molar refractivity (Wildman–Crippen MR) is 55.6 cm³/mol. The minimum atomic E-state index is -1.62. The van der Waals surface area contributed by atoms with E-state index in [9.17, 15) is 17.6 Å². The van der Waals surface area contributed by atoms with Gasteiger partial charge in [0.25, 0.3) is 0 Å². The molecular formula is C9H5F4N3S. The Hall–Kier alpha value is -1.75. The van der Waals surface area contributed by atoms with E-state index in [4.69, 9.17) is 5.26 Å². The molecule has 0 spiro atoms. The Labute approximate surface area is 98.1 Å². The molecule has 0 radical (unpaired) electrons. The topological polar surface area (TPSA) is 48.2 Å². The van der Waals surface area contributed by atoms with E-state index in [1.54, 1.807) is 0 Å². The molecule has 90 valence electrons.